The monoisotopic (exact) mass is 208 g/mol. The van der Waals surface area contributed by atoms with E-state index in [1.54, 1.807) is 12.1 Å². The fourth-order valence-electron chi connectivity index (χ4n) is 1.77. The van der Waals surface area contributed by atoms with Crippen molar-refractivity contribution in [2.24, 2.45) is 0 Å². The van der Waals surface area contributed by atoms with Crippen LogP contribution in [0.4, 0.5) is 0 Å². The smallest absolute Gasteiger partial charge is 0.335 e. The minimum Gasteiger partial charge on any atom is -0.478 e. The molecule has 1 aromatic carbocycles. The second-order valence-corrected chi connectivity index (χ2v) is 3.74. The van der Waals surface area contributed by atoms with Crippen LogP contribution in [-0.2, 0) is 4.74 Å². The van der Waals surface area contributed by atoms with Crippen molar-refractivity contribution in [2.75, 3.05) is 6.61 Å². The third-order valence-corrected chi connectivity index (χ3v) is 2.63. The van der Waals surface area contributed by atoms with E-state index in [9.17, 15) is 9.90 Å². The van der Waals surface area contributed by atoms with Crippen molar-refractivity contribution in [1.82, 2.24) is 0 Å². The number of fused-ring (bicyclic) bond motifs is 1. The van der Waals surface area contributed by atoms with E-state index in [0.29, 0.717) is 12.2 Å². The van der Waals surface area contributed by atoms with Crippen LogP contribution in [0.25, 0.3) is 0 Å². The molecule has 4 nitrogen and oxygen atoms in total. The lowest BCUT2D eigenvalue weighted by atomic mass is 9.92. The summed E-state index contributed by atoms with van der Waals surface area (Å²) in [4.78, 5) is 10.8. The van der Waals surface area contributed by atoms with E-state index >= 15 is 0 Å². The van der Waals surface area contributed by atoms with E-state index in [2.05, 4.69) is 0 Å². The van der Waals surface area contributed by atoms with E-state index < -0.39 is 12.3 Å². The summed E-state index contributed by atoms with van der Waals surface area (Å²) >= 11 is 0. The molecular weight excluding hydrogens is 196 g/mol. The minimum atomic E-state index is -0.953. The Balaban J connectivity index is 2.49. The lowest BCUT2D eigenvalue weighted by Crippen LogP contribution is -2.19. The highest BCUT2D eigenvalue weighted by Crippen LogP contribution is 2.32. The second-order valence-electron chi connectivity index (χ2n) is 3.74. The fraction of sp³-hybridized carbons (Fsp3) is 0.364. The Morgan fingerprint density at radius 3 is 2.87 bits per heavy atom. The predicted octanol–water partition coefficient (Wildman–Crippen LogP) is 1.51. The first kappa shape index (κ1) is 10.1. The van der Waals surface area contributed by atoms with Gasteiger partial charge in [-0.25, -0.2) is 4.79 Å². The first-order valence-electron chi connectivity index (χ1n) is 4.76. The van der Waals surface area contributed by atoms with Gasteiger partial charge in [-0.1, -0.05) is 13.0 Å². The summed E-state index contributed by atoms with van der Waals surface area (Å²) < 4.78 is 5.13. The van der Waals surface area contributed by atoms with Crippen molar-refractivity contribution in [3.63, 3.8) is 0 Å². The van der Waals surface area contributed by atoms with E-state index in [1.165, 1.54) is 6.07 Å². The van der Waals surface area contributed by atoms with Crippen LogP contribution in [-0.4, -0.2) is 22.8 Å². The van der Waals surface area contributed by atoms with Gasteiger partial charge in [0, 0.05) is 11.5 Å². The molecule has 2 unspecified atom stereocenters. The Kier molecular flexibility index (Phi) is 2.46. The molecule has 4 heteroatoms. The molecule has 1 aliphatic rings. The molecule has 0 spiro atoms. The van der Waals surface area contributed by atoms with Gasteiger partial charge in [0.15, 0.2) is 6.29 Å². The SMILES string of the molecule is CC1COC(O)c2ccc(C(=O)O)cc21. The average Bonchev–Trinajstić information content (AvgIpc) is 2.23. The van der Waals surface area contributed by atoms with Crippen LogP contribution in [0.3, 0.4) is 0 Å². The molecule has 2 atom stereocenters. The zero-order valence-electron chi connectivity index (χ0n) is 8.30. The zero-order chi connectivity index (χ0) is 11.0. The Morgan fingerprint density at radius 1 is 1.47 bits per heavy atom. The Morgan fingerprint density at radius 2 is 2.20 bits per heavy atom. The van der Waals surface area contributed by atoms with Gasteiger partial charge >= 0.3 is 5.97 Å². The molecule has 0 fully saturated rings. The first-order valence-corrected chi connectivity index (χ1v) is 4.76. The van der Waals surface area contributed by atoms with E-state index in [-0.39, 0.29) is 11.5 Å². The van der Waals surface area contributed by atoms with E-state index in [0.717, 1.165) is 5.56 Å². The number of carboxylic acid groups (broad SMARTS) is 1. The fourth-order valence-corrected chi connectivity index (χ4v) is 1.77. The van der Waals surface area contributed by atoms with Gasteiger partial charge in [-0.15, -0.1) is 0 Å². The molecule has 2 N–H and O–H groups in total. The number of aromatic carboxylic acids is 1. The molecule has 0 aliphatic carbocycles. The topological polar surface area (TPSA) is 66.8 Å². The molecule has 80 valence electrons. The maximum Gasteiger partial charge on any atom is 0.335 e. The van der Waals surface area contributed by atoms with Crippen LogP contribution in [0.1, 0.15) is 40.6 Å². The molecule has 0 saturated heterocycles. The van der Waals surface area contributed by atoms with Crippen molar-refractivity contribution >= 4 is 5.97 Å². The summed E-state index contributed by atoms with van der Waals surface area (Å²) in [7, 11) is 0. The van der Waals surface area contributed by atoms with Gasteiger partial charge in [0.05, 0.1) is 12.2 Å². The molecule has 0 aromatic heterocycles. The number of hydrogen-bond donors (Lipinski definition) is 2. The number of ether oxygens (including phenoxy) is 1. The number of carbonyl (C=O) groups is 1. The highest BCUT2D eigenvalue weighted by Gasteiger charge is 2.24. The molecule has 0 radical (unpaired) electrons. The molecule has 0 saturated carbocycles. The van der Waals surface area contributed by atoms with Crippen molar-refractivity contribution in [3.8, 4) is 0 Å². The van der Waals surface area contributed by atoms with Gasteiger partial charge < -0.3 is 14.9 Å². The average molecular weight is 208 g/mol. The maximum absolute atomic E-state index is 10.8. The molecule has 2 rings (SSSR count). The highest BCUT2D eigenvalue weighted by atomic mass is 16.6. The molecule has 1 heterocycles. The zero-order valence-corrected chi connectivity index (χ0v) is 8.30. The molecule has 15 heavy (non-hydrogen) atoms. The lowest BCUT2D eigenvalue weighted by molar-refractivity contribution is -0.116. The Hall–Kier alpha value is -1.39. The molecule has 0 amide bonds. The summed E-state index contributed by atoms with van der Waals surface area (Å²) in [6, 6.07) is 4.69. The van der Waals surface area contributed by atoms with Crippen LogP contribution in [0.2, 0.25) is 0 Å². The van der Waals surface area contributed by atoms with Crippen LogP contribution in [0.15, 0.2) is 18.2 Å². The van der Waals surface area contributed by atoms with Gasteiger partial charge in [-0.3, -0.25) is 0 Å². The quantitative estimate of drug-likeness (QED) is 0.734. The van der Waals surface area contributed by atoms with Crippen molar-refractivity contribution in [2.45, 2.75) is 19.1 Å². The summed E-state index contributed by atoms with van der Waals surface area (Å²) in [6.45, 7) is 2.35. The van der Waals surface area contributed by atoms with Crippen LogP contribution in [0.5, 0.6) is 0 Å². The van der Waals surface area contributed by atoms with Crippen LogP contribution < -0.4 is 0 Å². The second kappa shape index (κ2) is 3.64. The molecular formula is C11H12O4. The van der Waals surface area contributed by atoms with Gasteiger partial charge in [0.2, 0.25) is 0 Å². The van der Waals surface area contributed by atoms with Gasteiger partial charge in [0.1, 0.15) is 0 Å². The van der Waals surface area contributed by atoms with E-state index in [1.807, 2.05) is 6.92 Å². The van der Waals surface area contributed by atoms with Gasteiger partial charge in [-0.05, 0) is 17.7 Å². The highest BCUT2D eigenvalue weighted by molar-refractivity contribution is 5.88. The van der Waals surface area contributed by atoms with Crippen molar-refractivity contribution < 1.29 is 19.7 Å². The predicted molar refractivity (Wildman–Crippen MR) is 52.7 cm³/mol. The number of benzene rings is 1. The largest absolute Gasteiger partial charge is 0.478 e. The molecule has 0 bridgehead atoms. The third kappa shape index (κ3) is 1.73. The van der Waals surface area contributed by atoms with E-state index in [4.69, 9.17) is 9.84 Å². The van der Waals surface area contributed by atoms with Crippen LogP contribution in [0, 0.1) is 0 Å². The number of aliphatic hydroxyl groups excluding tert-OH is 1. The number of rotatable bonds is 1. The Bertz CT molecular complexity index is 400. The lowest BCUT2D eigenvalue weighted by Gasteiger charge is -2.27. The Labute approximate surface area is 87.1 Å². The normalized spacial score (nSPS) is 24.7. The van der Waals surface area contributed by atoms with Gasteiger partial charge in [-0.2, -0.15) is 0 Å². The standard InChI is InChI=1S/C11H12O4/c1-6-5-15-11(14)8-3-2-7(10(12)13)4-9(6)8/h2-4,6,11,14H,5H2,1H3,(H,12,13). The first-order chi connectivity index (χ1) is 7.09. The minimum absolute atomic E-state index is 0.114. The third-order valence-electron chi connectivity index (χ3n) is 2.63. The van der Waals surface area contributed by atoms with Crippen molar-refractivity contribution in [3.05, 3.63) is 34.9 Å². The molecule has 1 aliphatic heterocycles. The number of carboxylic acids is 1. The summed E-state index contributed by atoms with van der Waals surface area (Å²) in [5.74, 6) is -0.839. The summed E-state index contributed by atoms with van der Waals surface area (Å²) in [5, 5.41) is 18.4. The molecule has 1 aromatic rings. The maximum atomic E-state index is 10.8. The van der Waals surface area contributed by atoms with Crippen molar-refractivity contribution in [1.29, 1.82) is 0 Å². The summed E-state index contributed by atoms with van der Waals surface area (Å²) in [5.41, 5.74) is 1.77. The van der Waals surface area contributed by atoms with Gasteiger partial charge in [0.25, 0.3) is 0 Å². The summed E-state index contributed by atoms with van der Waals surface area (Å²) in [6.07, 6.45) is -0.931. The number of aliphatic hydroxyl groups is 1. The number of hydrogen-bond acceptors (Lipinski definition) is 3. The van der Waals surface area contributed by atoms with Crippen LogP contribution >= 0.6 is 0 Å².